The lowest BCUT2D eigenvalue weighted by Gasteiger charge is -2.37. The van der Waals surface area contributed by atoms with Gasteiger partial charge in [-0.2, -0.15) is 0 Å². The molecule has 0 aliphatic carbocycles. The molecule has 1 amide bonds. The number of rotatable bonds is 1. The number of hydrogen-bond acceptors (Lipinski definition) is 3. The molecule has 1 atom stereocenters. The zero-order chi connectivity index (χ0) is 15.7. The van der Waals surface area contributed by atoms with Gasteiger partial charge in [0.2, 0.25) is 0 Å². The topological polar surface area (TPSA) is 29.5 Å². The van der Waals surface area contributed by atoms with Crippen LogP contribution in [-0.2, 0) is 11.2 Å². The van der Waals surface area contributed by atoms with Crippen LogP contribution in [0.5, 0.6) is 0 Å². The SMILES string of the molecule is CC(C)(C)OC(=O)N1CCc2sccc2C1c1ccccc1. The van der Waals surface area contributed by atoms with Crippen molar-refractivity contribution in [1.82, 2.24) is 4.90 Å². The van der Waals surface area contributed by atoms with E-state index in [1.165, 1.54) is 10.4 Å². The molecule has 1 aromatic heterocycles. The number of hydrogen-bond donors (Lipinski definition) is 0. The molecule has 4 heteroatoms. The third-order valence-electron chi connectivity index (χ3n) is 3.71. The van der Waals surface area contributed by atoms with Crippen LogP contribution < -0.4 is 0 Å². The highest BCUT2D eigenvalue weighted by atomic mass is 32.1. The van der Waals surface area contributed by atoms with Gasteiger partial charge in [-0.15, -0.1) is 11.3 Å². The van der Waals surface area contributed by atoms with Crippen LogP contribution in [0, 0.1) is 0 Å². The molecular formula is C18H21NO2S. The summed E-state index contributed by atoms with van der Waals surface area (Å²) >= 11 is 1.77. The van der Waals surface area contributed by atoms with Gasteiger partial charge in [0, 0.05) is 11.4 Å². The predicted molar refractivity (Wildman–Crippen MR) is 89.2 cm³/mol. The van der Waals surface area contributed by atoms with E-state index in [2.05, 4.69) is 23.6 Å². The fourth-order valence-electron chi connectivity index (χ4n) is 2.83. The number of benzene rings is 1. The van der Waals surface area contributed by atoms with Gasteiger partial charge in [0.1, 0.15) is 5.60 Å². The van der Waals surface area contributed by atoms with Gasteiger partial charge in [-0.3, -0.25) is 4.90 Å². The van der Waals surface area contributed by atoms with Crippen molar-refractivity contribution in [2.24, 2.45) is 0 Å². The quantitative estimate of drug-likeness (QED) is 0.768. The number of fused-ring (bicyclic) bond motifs is 1. The fourth-order valence-corrected chi connectivity index (χ4v) is 3.73. The molecule has 2 heterocycles. The molecule has 1 aliphatic rings. The van der Waals surface area contributed by atoms with Crippen molar-refractivity contribution in [3.63, 3.8) is 0 Å². The smallest absolute Gasteiger partial charge is 0.411 e. The summed E-state index contributed by atoms with van der Waals surface area (Å²) < 4.78 is 5.61. The number of ether oxygens (including phenoxy) is 1. The summed E-state index contributed by atoms with van der Waals surface area (Å²) in [5.74, 6) is 0. The first-order chi connectivity index (χ1) is 10.5. The first kappa shape index (κ1) is 15.1. The largest absolute Gasteiger partial charge is 0.444 e. The van der Waals surface area contributed by atoms with E-state index in [4.69, 9.17) is 4.74 Å². The van der Waals surface area contributed by atoms with E-state index in [-0.39, 0.29) is 12.1 Å². The third kappa shape index (κ3) is 3.02. The Morgan fingerprint density at radius 3 is 2.64 bits per heavy atom. The highest BCUT2D eigenvalue weighted by molar-refractivity contribution is 7.10. The first-order valence-electron chi connectivity index (χ1n) is 7.56. The molecule has 22 heavy (non-hydrogen) atoms. The Balaban J connectivity index is 1.97. The van der Waals surface area contributed by atoms with Gasteiger partial charge in [-0.05, 0) is 49.8 Å². The van der Waals surface area contributed by atoms with Crippen molar-refractivity contribution in [3.05, 3.63) is 57.8 Å². The Kier molecular flexibility index (Phi) is 3.96. The molecule has 0 bridgehead atoms. The summed E-state index contributed by atoms with van der Waals surface area (Å²) in [6, 6.07) is 12.3. The average Bonchev–Trinajstić information content (AvgIpc) is 2.93. The van der Waals surface area contributed by atoms with Gasteiger partial charge in [0.05, 0.1) is 6.04 Å². The minimum absolute atomic E-state index is 0.0500. The Morgan fingerprint density at radius 1 is 1.23 bits per heavy atom. The molecule has 0 saturated heterocycles. The van der Waals surface area contributed by atoms with Crippen molar-refractivity contribution >= 4 is 17.4 Å². The standard InChI is InChI=1S/C18H21NO2S/c1-18(2,3)21-17(20)19-11-9-15-14(10-12-22-15)16(19)13-7-5-4-6-8-13/h4-8,10,12,16H,9,11H2,1-3H3. The number of nitrogens with zero attached hydrogens (tertiary/aromatic N) is 1. The van der Waals surface area contributed by atoms with E-state index >= 15 is 0 Å². The lowest BCUT2D eigenvalue weighted by molar-refractivity contribution is 0.0180. The van der Waals surface area contributed by atoms with Crippen molar-refractivity contribution in [2.75, 3.05) is 6.54 Å². The maximum Gasteiger partial charge on any atom is 0.411 e. The summed E-state index contributed by atoms with van der Waals surface area (Å²) in [5, 5.41) is 2.11. The molecule has 3 nitrogen and oxygen atoms in total. The van der Waals surface area contributed by atoms with Crippen molar-refractivity contribution in [1.29, 1.82) is 0 Å². The lowest BCUT2D eigenvalue weighted by atomic mass is 9.94. The van der Waals surface area contributed by atoms with Gasteiger partial charge in [0.15, 0.2) is 0 Å². The van der Waals surface area contributed by atoms with Crippen LogP contribution in [-0.4, -0.2) is 23.1 Å². The Bertz CT molecular complexity index is 657. The van der Waals surface area contributed by atoms with Crippen molar-refractivity contribution in [2.45, 2.75) is 38.8 Å². The van der Waals surface area contributed by atoms with Gasteiger partial charge >= 0.3 is 6.09 Å². The number of carbonyl (C=O) groups is 1. The monoisotopic (exact) mass is 315 g/mol. The van der Waals surface area contributed by atoms with Crippen LogP contribution in [0.3, 0.4) is 0 Å². The van der Waals surface area contributed by atoms with E-state index < -0.39 is 5.60 Å². The summed E-state index contributed by atoms with van der Waals surface area (Å²) in [6.45, 7) is 6.41. The molecule has 3 rings (SSSR count). The van der Waals surface area contributed by atoms with Crippen LogP contribution >= 0.6 is 11.3 Å². The molecule has 0 N–H and O–H groups in total. The maximum absolute atomic E-state index is 12.6. The van der Waals surface area contributed by atoms with Crippen LogP contribution in [0.4, 0.5) is 4.79 Å². The normalized spacial score (nSPS) is 18.0. The van der Waals surface area contributed by atoms with Gasteiger partial charge < -0.3 is 4.74 Å². The Morgan fingerprint density at radius 2 is 1.95 bits per heavy atom. The van der Waals surface area contributed by atoms with E-state index in [0.717, 1.165) is 12.0 Å². The minimum Gasteiger partial charge on any atom is -0.444 e. The fraction of sp³-hybridized carbons (Fsp3) is 0.389. The molecule has 0 radical (unpaired) electrons. The van der Waals surface area contributed by atoms with Crippen LogP contribution in [0.15, 0.2) is 41.8 Å². The molecule has 1 aliphatic heterocycles. The molecule has 116 valence electrons. The number of carbonyl (C=O) groups excluding carboxylic acids is 1. The zero-order valence-electron chi connectivity index (χ0n) is 13.2. The van der Waals surface area contributed by atoms with Crippen LogP contribution in [0.25, 0.3) is 0 Å². The number of amides is 1. The molecule has 1 aromatic carbocycles. The molecule has 0 fully saturated rings. The van der Waals surface area contributed by atoms with E-state index in [0.29, 0.717) is 6.54 Å². The zero-order valence-corrected chi connectivity index (χ0v) is 14.0. The minimum atomic E-state index is -0.479. The second-order valence-electron chi connectivity index (χ2n) is 6.54. The average molecular weight is 315 g/mol. The third-order valence-corrected chi connectivity index (χ3v) is 4.71. The van der Waals surface area contributed by atoms with Crippen molar-refractivity contribution < 1.29 is 9.53 Å². The van der Waals surface area contributed by atoms with Gasteiger partial charge in [0.25, 0.3) is 0 Å². The van der Waals surface area contributed by atoms with E-state index in [1.807, 2.05) is 43.9 Å². The Hall–Kier alpha value is -1.81. The van der Waals surface area contributed by atoms with Crippen LogP contribution in [0.1, 0.15) is 42.8 Å². The first-order valence-corrected chi connectivity index (χ1v) is 8.44. The molecule has 0 spiro atoms. The van der Waals surface area contributed by atoms with E-state index in [9.17, 15) is 4.79 Å². The van der Waals surface area contributed by atoms with Gasteiger partial charge in [-0.25, -0.2) is 4.79 Å². The molecule has 2 aromatic rings. The highest BCUT2D eigenvalue weighted by Crippen LogP contribution is 2.38. The molecule has 0 saturated carbocycles. The summed E-state index contributed by atoms with van der Waals surface area (Å²) in [5.41, 5.74) is 1.88. The Labute approximate surface area is 135 Å². The summed E-state index contributed by atoms with van der Waals surface area (Å²) in [7, 11) is 0. The predicted octanol–water partition coefficient (Wildman–Crippen LogP) is 4.63. The summed E-state index contributed by atoms with van der Waals surface area (Å²) in [4.78, 5) is 15.9. The van der Waals surface area contributed by atoms with Crippen LogP contribution in [0.2, 0.25) is 0 Å². The van der Waals surface area contributed by atoms with Crippen molar-refractivity contribution in [3.8, 4) is 0 Å². The number of thiophene rings is 1. The summed E-state index contributed by atoms with van der Waals surface area (Å²) in [6.07, 6.45) is 0.661. The second-order valence-corrected chi connectivity index (χ2v) is 7.54. The molecular weight excluding hydrogens is 294 g/mol. The maximum atomic E-state index is 12.6. The lowest BCUT2D eigenvalue weighted by Crippen LogP contribution is -2.43. The molecule has 1 unspecified atom stereocenters. The van der Waals surface area contributed by atoms with E-state index in [1.54, 1.807) is 11.3 Å². The van der Waals surface area contributed by atoms with Gasteiger partial charge in [-0.1, -0.05) is 30.3 Å². The second kappa shape index (κ2) is 5.76. The highest BCUT2D eigenvalue weighted by Gasteiger charge is 2.35.